The van der Waals surface area contributed by atoms with Crippen LogP contribution in [0.15, 0.2) is 59.8 Å². The van der Waals surface area contributed by atoms with E-state index in [2.05, 4.69) is 10.3 Å². The van der Waals surface area contributed by atoms with E-state index in [1.807, 2.05) is 6.07 Å². The summed E-state index contributed by atoms with van der Waals surface area (Å²) in [7, 11) is -3.67. The summed E-state index contributed by atoms with van der Waals surface area (Å²) < 4.78 is 26.2. The zero-order valence-corrected chi connectivity index (χ0v) is 13.7. The van der Waals surface area contributed by atoms with Crippen LogP contribution < -0.4 is 5.32 Å². The maximum Gasteiger partial charge on any atom is 0.243 e. The van der Waals surface area contributed by atoms with Crippen molar-refractivity contribution in [2.45, 2.75) is 18.4 Å². The van der Waals surface area contributed by atoms with Gasteiger partial charge in [-0.05, 0) is 23.8 Å². The lowest BCUT2D eigenvalue weighted by atomic mass is 10.3. The number of rotatable bonds is 7. The van der Waals surface area contributed by atoms with Crippen molar-refractivity contribution in [1.29, 1.82) is 0 Å². The van der Waals surface area contributed by atoms with Crippen LogP contribution in [0.2, 0.25) is 0 Å². The minimum atomic E-state index is -3.67. The molecule has 2 aromatic rings. The molecule has 0 spiro atoms. The first kappa shape index (κ1) is 17.1. The van der Waals surface area contributed by atoms with Crippen molar-refractivity contribution in [2.75, 3.05) is 13.1 Å². The predicted molar refractivity (Wildman–Crippen MR) is 87.0 cm³/mol. The summed E-state index contributed by atoms with van der Waals surface area (Å²) >= 11 is 0. The second-order valence-corrected chi connectivity index (χ2v) is 6.82. The lowest BCUT2D eigenvalue weighted by Crippen LogP contribution is -2.40. The van der Waals surface area contributed by atoms with Gasteiger partial charge in [0.25, 0.3) is 0 Å². The van der Waals surface area contributed by atoms with Gasteiger partial charge in [-0.2, -0.15) is 4.31 Å². The van der Waals surface area contributed by atoms with Crippen LogP contribution in [0.3, 0.4) is 0 Å². The molecule has 1 aromatic heterocycles. The Bertz CT molecular complexity index is 734. The molecule has 0 unspecified atom stereocenters. The number of carbonyl (C=O) groups excluding carboxylic acids is 1. The van der Waals surface area contributed by atoms with E-state index in [9.17, 15) is 13.2 Å². The maximum absolute atomic E-state index is 12.5. The Hall–Kier alpha value is -2.25. The molecule has 1 N–H and O–H groups in total. The van der Waals surface area contributed by atoms with Crippen molar-refractivity contribution in [3.63, 3.8) is 0 Å². The van der Waals surface area contributed by atoms with E-state index in [1.54, 1.807) is 43.6 Å². The molecule has 0 fully saturated rings. The van der Waals surface area contributed by atoms with Gasteiger partial charge in [0, 0.05) is 25.5 Å². The highest BCUT2D eigenvalue weighted by Gasteiger charge is 2.24. The summed E-state index contributed by atoms with van der Waals surface area (Å²) in [5, 5.41) is 2.70. The second kappa shape index (κ2) is 7.85. The molecule has 23 heavy (non-hydrogen) atoms. The van der Waals surface area contributed by atoms with Gasteiger partial charge >= 0.3 is 0 Å². The van der Waals surface area contributed by atoms with Gasteiger partial charge in [0.1, 0.15) is 0 Å². The van der Waals surface area contributed by atoms with Crippen molar-refractivity contribution in [3.05, 3.63) is 60.4 Å². The van der Waals surface area contributed by atoms with E-state index in [0.29, 0.717) is 6.54 Å². The number of nitrogens with zero attached hydrogens (tertiary/aromatic N) is 2. The van der Waals surface area contributed by atoms with Gasteiger partial charge in [0.15, 0.2) is 0 Å². The Morgan fingerprint density at radius 3 is 2.52 bits per heavy atom. The Morgan fingerprint density at radius 1 is 1.17 bits per heavy atom. The molecule has 0 aliphatic carbocycles. The summed E-state index contributed by atoms with van der Waals surface area (Å²) in [6, 6.07) is 11.7. The van der Waals surface area contributed by atoms with E-state index in [0.717, 1.165) is 9.87 Å². The molecule has 7 heteroatoms. The highest BCUT2D eigenvalue weighted by molar-refractivity contribution is 7.89. The van der Waals surface area contributed by atoms with Gasteiger partial charge in [-0.1, -0.05) is 31.2 Å². The Morgan fingerprint density at radius 2 is 1.91 bits per heavy atom. The Labute approximate surface area is 136 Å². The number of aromatic nitrogens is 1. The third-order valence-corrected chi connectivity index (χ3v) is 5.20. The van der Waals surface area contributed by atoms with Gasteiger partial charge < -0.3 is 5.32 Å². The topological polar surface area (TPSA) is 79.4 Å². The molecule has 0 aliphatic heterocycles. The number of pyridine rings is 1. The monoisotopic (exact) mass is 333 g/mol. The van der Waals surface area contributed by atoms with Crippen molar-refractivity contribution in [1.82, 2.24) is 14.6 Å². The third kappa shape index (κ3) is 4.61. The normalized spacial score (nSPS) is 11.4. The van der Waals surface area contributed by atoms with Crippen LogP contribution >= 0.6 is 0 Å². The van der Waals surface area contributed by atoms with E-state index < -0.39 is 10.0 Å². The summed E-state index contributed by atoms with van der Waals surface area (Å²) in [6.07, 6.45) is 3.30. The number of amides is 1. The molecule has 6 nitrogen and oxygen atoms in total. The standard InChI is InChI=1S/C16H19N3O3S/c1-2-19(23(21,22)15-8-4-3-5-9-15)13-16(20)18-12-14-7-6-10-17-11-14/h3-11H,2,12-13H2,1H3,(H,18,20). The molecule has 0 bridgehead atoms. The fraction of sp³-hybridized carbons (Fsp3) is 0.250. The van der Waals surface area contributed by atoms with Crippen molar-refractivity contribution >= 4 is 15.9 Å². The number of sulfonamides is 1. The lowest BCUT2D eigenvalue weighted by molar-refractivity contribution is -0.121. The van der Waals surface area contributed by atoms with Crippen molar-refractivity contribution in [2.24, 2.45) is 0 Å². The molecular formula is C16H19N3O3S. The number of hydrogen-bond acceptors (Lipinski definition) is 4. The average molecular weight is 333 g/mol. The highest BCUT2D eigenvalue weighted by atomic mass is 32.2. The summed E-state index contributed by atoms with van der Waals surface area (Å²) in [4.78, 5) is 16.2. The van der Waals surface area contributed by atoms with Crippen molar-refractivity contribution < 1.29 is 13.2 Å². The third-order valence-electron chi connectivity index (χ3n) is 3.27. The SMILES string of the molecule is CCN(CC(=O)NCc1cccnc1)S(=O)(=O)c1ccccc1. The van der Waals surface area contributed by atoms with Gasteiger partial charge in [-0.3, -0.25) is 9.78 Å². The smallest absolute Gasteiger partial charge is 0.243 e. The highest BCUT2D eigenvalue weighted by Crippen LogP contribution is 2.14. The van der Waals surface area contributed by atoms with Crippen LogP contribution in [0.4, 0.5) is 0 Å². The van der Waals surface area contributed by atoms with Crippen LogP contribution in [-0.4, -0.2) is 36.7 Å². The summed E-state index contributed by atoms with van der Waals surface area (Å²) in [6.45, 7) is 2.02. The van der Waals surface area contributed by atoms with Crippen LogP contribution in [0.25, 0.3) is 0 Å². The number of likely N-dealkylation sites (N-methyl/N-ethyl adjacent to an activating group) is 1. The van der Waals surface area contributed by atoms with Gasteiger partial charge in [-0.15, -0.1) is 0 Å². The molecule has 1 amide bonds. The fourth-order valence-electron chi connectivity index (χ4n) is 2.03. The molecule has 2 rings (SSSR count). The van der Waals surface area contributed by atoms with Gasteiger partial charge in [0.05, 0.1) is 11.4 Å². The lowest BCUT2D eigenvalue weighted by Gasteiger charge is -2.20. The van der Waals surface area contributed by atoms with Crippen LogP contribution in [-0.2, 0) is 21.4 Å². The van der Waals surface area contributed by atoms with E-state index in [1.165, 1.54) is 12.1 Å². The second-order valence-electron chi connectivity index (χ2n) is 4.88. The zero-order chi connectivity index (χ0) is 16.7. The molecular weight excluding hydrogens is 314 g/mol. The molecule has 0 saturated heterocycles. The Balaban J connectivity index is 2.00. The van der Waals surface area contributed by atoms with Crippen LogP contribution in [0, 0.1) is 0 Å². The minimum Gasteiger partial charge on any atom is -0.351 e. The van der Waals surface area contributed by atoms with E-state index in [4.69, 9.17) is 0 Å². The largest absolute Gasteiger partial charge is 0.351 e. The van der Waals surface area contributed by atoms with Crippen molar-refractivity contribution in [3.8, 4) is 0 Å². The summed E-state index contributed by atoms with van der Waals surface area (Å²) in [5.41, 5.74) is 0.856. The Kier molecular flexibility index (Phi) is 5.84. The van der Waals surface area contributed by atoms with Gasteiger partial charge in [-0.25, -0.2) is 8.42 Å². The first-order chi connectivity index (χ1) is 11.0. The fourth-order valence-corrected chi connectivity index (χ4v) is 3.45. The van der Waals surface area contributed by atoms with E-state index in [-0.39, 0.29) is 23.9 Å². The van der Waals surface area contributed by atoms with Crippen LogP contribution in [0.5, 0.6) is 0 Å². The quantitative estimate of drug-likeness (QED) is 0.831. The molecule has 0 aliphatic rings. The number of hydrogen-bond donors (Lipinski definition) is 1. The first-order valence-corrected chi connectivity index (χ1v) is 8.69. The maximum atomic E-state index is 12.5. The number of carbonyl (C=O) groups is 1. The van der Waals surface area contributed by atoms with E-state index >= 15 is 0 Å². The molecule has 1 aromatic carbocycles. The molecule has 1 heterocycles. The molecule has 122 valence electrons. The average Bonchev–Trinajstić information content (AvgIpc) is 2.59. The molecule has 0 atom stereocenters. The number of benzene rings is 1. The minimum absolute atomic E-state index is 0.182. The first-order valence-electron chi connectivity index (χ1n) is 7.25. The molecule has 0 saturated carbocycles. The summed E-state index contributed by atoms with van der Waals surface area (Å²) in [5.74, 6) is -0.352. The van der Waals surface area contributed by atoms with Gasteiger partial charge in [0.2, 0.25) is 15.9 Å². The number of nitrogens with one attached hydrogen (secondary N) is 1. The predicted octanol–water partition coefficient (Wildman–Crippen LogP) is 1.41. The molecule has 0 radical (unpaired) electrons. The van der Waals surface area contributed by atoms with Crippen LogP contribution in [0.1, 0.15) is 12.5 Å². The zero-order valence-electron chi connectivity index (χ0n) is 12.8.